The molecule has 5 rings (SSSR count). The Hall–Kier alpha value is -3.92. The Balaban J connectivity index is 1.58. The van der Waals surface area contributed by atoms with Gasteiger partial charge in [0.15, 0.2) is 23.0 Å². The quantitative estimate of drug-likeness (QED) is 0.455. The molecule has 0 saturated carbocycles. The predicted molar refractivity (Wildman–Crippen MR) is 117 cm³/mol. The number of carbonyl (C=O) groups excluding carboxylic acids is 1. The number of nitrogens with zero attached hydrogens (tertiary/aromatic N) is 3. The van der Waals surface area contributed by atoms with Crippen LogP contribution in [-0.2, 0) is 6.54 Å². The van der Waals surface area contributed by atoms with Crippen molar-refractivity contribution in [3.8, 4) is 22.6 Å². The summed E-state index contributed by atoms with van der Waals surface area (Å²) in [6, 6.07) is 6.48. The summed E-state index contributed by atoms with van der Waals surface area (Å²) < 4.78 is 32.1. The lowest BCUT2D eigenvalue weighted by atomic mass is 10.0. The van der Waals surface area contributed by atoms with E-state index in [4.69, 9.17) is 13.9 Å². The van der Waals surface area contributed by atoms with Gasteiger partial charge in [-0.2, -0.15) is 5.10 Å². The van der Waals surface area contributed by atoms with Gasteiger partial charge in [0.05, 0.1) is 22.8 Å². The Kier molecular flexibility index (Phi) is 5.01. The Labute approximate surface area is 187 Å². The van der Waals surface area contributed by atoms with Crippen molar-refractivity contribution >= 4 is 22.8 Å². The Morgan fingerprint density at radius 2 is 2.15 bits per heavy atom. The van der Waals surface area contributed by atoms with Crippen LogP contribution in [0.2, 0.25) is 0 Å². The molecule has 1 aromatic carbocycles. The fraction of sp³-hybridized carbons (Fsp3) is 0.261. The molecule has 0 aliphatic carbocycles. The number of halogens is 1. The number of aromatic nitrogens is 3. The van der Waals surface area contributed by atoms with E-state index in [-0.39, 0.29) is 23.9 Å². The molecule has 0 spiro atoms. The number of rotatable bonds is 6. The van der Waals surface area contributed by atoms with Gasteiger partial charge >= 0.3 is 0 Å². The largest absolute Gasteiger partial charge is 0.472 e. The van der Waals surface area contributed by atoms with E-state index in [1.165, 1.54) is 24.8 Å². The third-order valence-electron chi connectivity index (χ3n) is 5.33. The number of pyridine rings is 1. The number of nitrogens with one attached hydrogen (secondary N) is 1. The number of aryl methyl sites for hydroxylation is 1. The minimum Gasteiger partial charge on any atom is -0.472 e. The lowest BCUT2D eigenvalue weighted by Crippen LogP contribution is -2.21. The third kappa shape index (κ3) is 4.00. The SMILES string of the molecule is CC(C)(O)CCn1nc(NC(=O)c2ccoc2)c2cc(-c3ccc4c(c3F)OCO4)cnc21. The summed E-state index contributed by atoms with van der Waals surface area (Å²) in [7, 11) is 0. The molecule has 0 radical (unpaired) electrons. The summed E-state index contributed by atoms with van der Waals surface area (Å²) in [5.74, 6) is -0.288. The van der Waals surface area contributed by atoms with Crippen molar-refractivity contribution in [1.29, 1.82) is 0 Å². The molecule has 10 heteroatoms. The third-order valence-corrected chi connectivity index (χ3v) is 5.33. The number of aliphatic hydroxyl groups is 1. The smallest absolute Gasteiger partial charge is 0.260 e. The summed E-state index contributed by atoms with van der Waals surface area (Å²) in [5.41, 5.74) is 0.685. The molecule has 2 N–H and O–H groups in total. The number of anilines is 1. The first-order valence-corrected chi connectivity index (χ1v) is 10.3. The van der Waals surface area contributed by atoms with E-state index in [1.807, 2.05) is 0 Å². The summed E-state index contributed by atoms with van der Waals surface area (Å²) >= 11 is 0. The summed E-state index contributed by atoms with van der Waals surface area (Å²) in [6.45, 7) is 3.74. The predicted octanol–water partition coefficient (Wildman–Crippen LogP) is 3.97. The number of fused-ring (bicyclic) bond motifs is 2. The van der Waals surface area contributed by atoms with Crippen LogP contribution in [0.4, 0.5) is 10.2 Å². The molecule has 0 unspecified atom stereocenters. The van der Waals surface area contributed by atoms with Crippen LogP contribution < -0.4 is 14.8 Å². The van der Waals surface area contributed by atoms with Gasteiger partial charge in [-0.15, -0.1) is 0 Å². The zero-order valence-corrected chi connectivity index (χ0v) is 18.0. The monoisotopic (exact) mass is 452 g/mol. The van der Waals surface area contributed by atoms with Crippen LogP contribution >= 0.6 is 0 Å². The standard InChI is InChI=1S/C23H21FN4O5/c1-23(2,30)6-7-28-21-16(20(27-28)26-22(29)13-5-8-31-11-13)9-14(10-25-21)15-3-4-17-19(18(15)24)33-12-32-17/h3-5,8-11,30H,6-7,12H2,1-2H3,(H,26,27,29). The van der Waals surface area contributed by atoms with Crippen LogP contribution in [0.5, 0.6) is 11.5 Å². The van der Waals surface area contributed by atoms with Gasteiger partial charge in [-0.3, -0.25) is 4.79 Å². The van der Waals surface area contributed by atoms with Crippen molar-refractivity contribution < 1.29 is 28.2 Å². The molecular formula is C23H21FN4O5. The molecule has 0 saturated heterocycles. The van der Waals surface area contributed by atoms with E-state index < -0.39 is 17.3 Å². The molecule has 1 amide bonds. The fourth-order valence-corrected chi connectivity index (χ4v) is 3.57. The van der Waals surface area contributed by atoms with Crippen molar-refractivity contribution in [3.05, 3.63) is 54.4 Å². The van der Waals surface area contributed by atoms with Crippen molar-refractivity contribution in [3.63, 3.8) is 0 Å². The molecular weight excluding hydrogens is 431 g/mol. The maximum Gasteiger partial charge on any atom is 0.260 e. The van der Waals surface area contributed by atoms with Gasteiger partial charge < -0.3 is 24.3 Å². The Morgan fingerprint density at radius 3 is 2.91 bits per heavy atom. The van der Waals surface area contributed by atoms with Gasteiger partial charge in [0.25, 0.3) is 5.91 Å². The highest BCUT2D eigenvalue weighted by atomic mass is 19.1. The highest BCUT2D eigenvalue weighted by molar-refractivity contribution is 6.07. The maximum absolute atomic E-state index is 15.1. The minimum absolute atomic E-state index is 0.0365. The number of ether oxygens (including phenoxy) is 2. The summed E-state index contributed by atoms with van der Waals surface area (Å²) in [4.78, 5) is 17.1. The van der Waals surface area contributed by atoms with E-state index in [1.54, 1.807) is 36.7 Å². The lowest BCUT2D eigenvalue weighted by molar-refractivity contribution is 0.0654. The summed E-state index contributed by atoms with van der Waals surface area (Å²) in [5, 5.41) is 17.9. The van der Waals surface area contributed by atoms with Crippen LogP contribution in [-0.4, -0.2) is 38.2 Å². The van der Waals surface area contributed by atoms with Crippen molar-refractivity contribution in [2.24, 2.45) is 0 Å². The molecule has 4 heterocycles. The van der Waals surface area contributed by atoms with Crippen molar-refractivity contribution in [2.45, 2.75) is 32.4 Å². The highest BCUT2D eigenvalue weighted by Gasteiger charge is 2.24. The number of carbonyl (C=O) groups is 1. The number of hydrogen-bond donors (Lipinski definition) is 2. The highest BCUT2D eigenvalue weighted by Crippen LogP contribution is 2.40. The number of furan rings is 1. The van der Waals surface area contributed by atoms with Gasteiger partial charge in [-0.05, 0) is 44.5 Å². The molecule has 0 fully saturated rings. The molecule has 9 nitrogen and oxygen atoms in total. The van der Waals surface area contributed by atoms with Crippen LogP contribution in [0.25, 0.3) is 22.2 Å². The van der Waals surface area contributed by atoms with Gasteiger partial charge in [0.1, 0.15) is 6.26 Å². The zero-order valence-electron chi connectivity index (χ0n) is 18.0. The fourth-order valence-electron chi connectivity index (χ4n) is 3.57. The van der Waals surface area contributed by atoms with E-state index in [0.717, 1.165) is 0 Å². The average molecular weight is 452 g/mol. The normalized spacial score (nSPS) is 13.0. The lowest BCUT2D eigenvalue weighted by Gasteiger charge is -2.16. The van der Waals surface area contributed by atoms with Crippen LogP contribution in [0, 0.1) is 5.82 Å². The Morgan fingerprint density at radius 1 is 1.30 bits per heavy atom. The van der Waals surface area contributed by atoms with Crippen LogP contribution in [0.1, 0.15) is 30.6 Å². The van der Waals surface area contributed by atoms with Gasteiger partial charge in [-0.25, -0.2) is 14.1 Å². The molecule has 0 atom stereocenters. The second kappa shape index (κ2) is 7.89. The van der Waals surface area contributed by atoms with Crippen LogP contribution in [0.15, 0.2) is 47.4 Å². The maximum atomic E-state index is 15.1. The van der Waals surface area contributed by atoms with E-state index in [9.17, 15) is 9.90 Å². The van der Waals surface area contributed by atoms with Crippen LogP contribution in [0.3, 0.4) is 0 Å². The first-order chi connectivity index (χ1) is 15.8. The molecule has 33 heavy (non-hydrogen) atoms. The van der Waals surface area contributed by atoms with E-state index in [2.05, 4.69) is 15.4 Å². The molecule has 1 aliphatic rings. The van der Waals surface area contributed by atoms with E-state index >= 15 is 4.39 Å². The second-order valence-corrected chi connectivity index (χ2v) is 8.36. The first-order valence-electron chi connectivity index (χ1n) is 10.3. The zero-order chi connectivity index (χ0) is 23.2. The molecule has 1 aliphatic heterocycles. The topological polar surface area (TPSA) is 112 Å². The van der Waals surface area contributed by atoms with Crippen molar-refractivity contribution in [1.82, 2.24) is 14.8 Å². The van der Waals surface area contributed by atoms with Crippen molar-refractivity contribution in [2.75, 3.05) is 12.1 Å². The van der Waals surface area contributed by atoms with Gasteiger partial charge in [0, 0.05) is 23.9 Å². The molecule has 3 aromatic heterocycles. The number of hydrogen-bond acceptors (Lipinski definition) is 7. The number of benzene rings is 1. The van der Waals surface area contributed by atoms with Gasteiger partial charge in [0.2, 0.25) is 12.5 Å². The second-order valence-electron chi connectivity index (χ2n) is 8.36. The summed E-state index contributed by atoms with van der Waals surface area (Å²) in [6.07, 6.45) is 4.68. The molecule has 170 valence electrons. The number of amides is 1. The van der Waals surface area contributed by atoms with E-state index in [0.29, 0.717) is 40.9 Å². The first kappa shape index (κ1) is 21.0. The molecule has 4 aromatic rings. The minimum atomic E-state index is -0.909. The average Bonchev–Trinajstić information content (AvgIpc) is 3.52. The van der Waals surface area contributed by atoms with Gasteiger partial charge in [-0.1, -0.05) is 0 Å². The Bertz CT molecular complexity index is 1340. The molecule has 0 bridgehead atoms.